The Morgan fingerprint density at radius 2 is 1.91 bits per heavy atom. The van der Waals surface area contributed by atoms with Gasteiger partial charge in [0.05, 0.1) is 5.69 Å². The van der Waals surface area contributed by atoms with E-state index in [2.05, 4.69) is 27.5 Å². The van der Waals surface area contributed by atoms with Crippen molar-refractivity contribution in [2.75, 3.05) is 18.4 Å². The van der Waals surface area contributed by atoms with E-state index < -0.39 is 0 Å². The molecule has 114 valence electrons. The van der Waals surface area contributed by atoms with Crippen molar-refractivity contribution in [3.05, 3.63) is 42.1 Å². The quantitative estimate of drug-likeness (QED) is 0.912. The molecule has 0 aliphatic carbocycles. The van der Waals surface area contributed by atoms with Gasteiger partial charge in [-0.2, -0.15) is 0 Å². The van der Waals surface area contributed by atoms with E-state index in [9.17, 15) is 4.79 Å². The largest absolute Gasteiger partial charge is 0.317 e. The normalized spacial score (nSPS) is 15.5. The van der Waals surface area contributed by atoms with Crippen LogP contribution in [0.5, 0.6) is 0 Å². The molecule has 5 nitrogen and oxygen atoms in total. The molecule has 1 saturated heterocycles. The molecule has 5 heteroatoms. The monoisotopic (exact) mass is 296 g/mol. The number of piperidine rings is 1. The summed E-state index contributed by atoms with van der Waals surface area (Å²) in [7, 11) is 0. The fraction of sp³-hybridized carbons (Fsp3) is 0.353. The van der Waals surface area contributed by atoms with Gasteiger partial charge in [0, 0.05) is 17.7 Å². The van der Waals surface area contributed by atoms with Crippen molar-refractivity contribution in [3.63, 3.8) is 0 Å². The second kappa shape index (κ2) is 6.66. The minimum absolute atomic E-state index is 0.0163. The van der Waals surface area contributed by atoms with E-state index in [1.165, 1.54) is 5.56 Å². The van der Waals surface area contributed by atoms with Gasteiger partial charge in [-0.15, -0.1) is 0 Å². The van der Waals surface area contributed by atoms with Crippen LogP contribution in [0.4, 0.5) is 5.95 Å². The highest BCUT2D eigenvalue weighted by molar-refractivity contribution is 5.91. The van der Waals surface area contributed by atoms with Crippen LogP contribution >= 0.6 is 0 Å². The number of hydrogen-bond acceptors (Lipinski definition) is 4. The average Bonchev–Trinajstić information content (AvgIpc) is 2.56. The van der Waals surface area contributed by atoms with E-state index in [0.717, 1.165) is 37.2 Å². The number of hydrogen-bond donors (Lipinski definition) is 2. The lowest BCUT2D eigenvalue weighted by Gasteiger charge is -2.21. The maximum Gasteiger partial charge on any atom is 0.229 e. The second-order valence-corrected chi connectivity index (χ2v) is 5.65. The highest BCUT2D eigenvalue weighted by Gasteiger charge is 2.21. The standard InChI is InChI=1S/C17H20N4O/c1-12-2-4-13(5-3-12)15-8-11-19-17(20-15)21-16(22)14-6-9-18-10-7-14/h2-5,8,11,14,18H,6-7,9-10H2,1H3,(H,19,20,21,22). The van der Waals surface area contributed by atoms with Crippen LogP contribution in [0.2, 0.25) is 0 Å². The van der Waals surface area contributed by atoms with Gasteiger partial charge in [0.25, 0.3) is 0 Å². The lowest BCUT2D eigenvalue weighted by molar-refractivity contribution is -0.120. The Labute approximate surface area is 130 Å². The third kappa shape index (κ3) is 3.49. The fourth-order valence-electron chi connectivity index (χ4n) is 2.60. The van der Waals surface area contributed by atoms with Crippen molar-refractivity contribution in [2.45, 2.75) is 19.8 Å². The van der Waals surface area contributed by atoms with E-state index in [-0.39, 0.29) is 11.8 Å². The topological polar surface area (TPSA) is 66.9 Å². The van der Waals surface area contributed by atoms with Gasteiger partial charge in [0.15, 0.2) is 0 Å². The number of nitrogens with one attached hydrogen (secondary N) is 2. The summed E-state index contributed by atoms with van der Waals surface area (Å²) in [5.41, 5.74) is 3.04. The Kier molecular flexibility index (Phi) is 4.44. The van der Waals surface area contributed by atoms with Gasteiger partial charge in [0.2, 0.25) is 11.9 Å². The molecule has 0 unspecified atom stereocenters. The Bertz CT molecular complexity index is 648. The number of nitrogens with zero attached hydrogens (tertiary/aromatic N) is 2. The Hall–Kier alpha value is -2.27. The molecule has 1 amide bonds. The highest BCUT2D eigenvalue weighted by Crippen LogP contribution is 2.19. The van der Waals surface area contributed by atoms with Crippen molar-refractivity contribution in [1.82, 2.24) is 15.3 Å². The smallest absolute Gasteiger partial charge is 0.229 e. The predicted molar refractivity (Wildman–Crippen MR) is 86.4 cm³/mol. The zero-order chi connectivity index (χ0) is 15.4. The van der Waals surface area contributed by atoms with E-state index in [1.54, 1.807) is 6.20 Å². The van der Waals surface area contributed by atoms with Crippen molar-refractivity contribution in [2.24, 2.45) is 5.92 Å². The summed E-state index contributed by atoms with van der Waals surface area (Å²) in [5.74, 6) is 0.442. The third-order valence-corrected chi connectivity index (χ3v) is 3.95. The van der Waals surface area contributed by atoms with Crippen LogP contribution in [0, 0.1) is 12.8 Å². The van der Waals surface area contributed by atoms with Crippen LogP contribution in [0.3, 0.4) is 0 Å². The first-order chi connectivity index (χ1) is 10.7. The zero-order valence-corrected chi connectivity index (χ0v) is 12.7. The summed E-state index contributed by atoms with van der Waals surface area (Å²) < 4.78 is 0. The van der Waals surface area contributed by atoms with Gasteiger partial charge >= 0.3 is 0 Å². The first-order valence-corrected chi connectivity index (χ1v) is 7.64. The number of carbonyl (C=O) groups is 1. The first kappa shape index (κ1) is 14.7. The highest BCUT2D eigenvalue weighted by atomic mass is 16.2. The number of rotatable bonds is 3. The molecule has 2 N–H and O–H groups in total. The van der Waals surface area contributed by atoms with Crippen LogP contribution in [0.15, 0.2) is 36.5 Å². The zero-order valence-electron chi connectivity index (χ0n) is 12.7. The van der Waals surface area contributed by atoms with E-state index >= 15 is 0 Å². The average molecular weight is 296 g/mol. The fourth-order valence-corrected chi connectivity index (χ4v) is 2.60. The molecule has 3 rings (SSSR count). The molecule has 1 fully saturated rings. The van der Waals surface area contributed by atoms with Crippen LogP contribution in [0.25, 0.3) is 11.3 Å². The van der Waals surface area contributed by atoms with Crippen LogP contribution < -0.4 is 10.6 Å². The van der Waals surface area contributed by atoms with E-state index in [4.69, 9.17) is 0 Å². The lowest BCUT2D eigenvalue weighted by atomic mass is 9.97. The summed E-state index contributed by atoms with van der Waals surface area (Å²) in [6.45, 7) is 3.83. The van der Waals surface area contributed by atoms with Gasteiger partial charge in [-0.3, -0.25) is 10.1 Å². The summed E-state index contributed by atoms with van der Waals surface area (Å²) in [6.07, 6.45) is 3.41. The molecule has 1 aromatic heterocycles. The molecule has 2 aromatic rings. The molecule has 0 bridgehead atoms. The minimum Gasteiger partial charge on any atom is -0.317 e. The van der Waals surface area contributed by atoms with Gasteiger partial charge in [0.1, 0.15) is 0 Å². The Balaban J connectivity index is 1.73. The SMILES string of the molecule is Cc1ccc(-c2ccnc(NC(=O)C3CCNCC3)n2)cc1. The summed E-state index contributed by atoms with van der Waals surface area (Å²) >= 11 is 0. The number of benzene rings is 1. The van der Waals surface area contributed by atoms with Crippen LogP contribution in [-0.2, 0) is 4.79 Å². The Morgan fingerprint density at radius 1 is 1.18 bits per heavy atom. The number of amides is 1. The maximum absolute atomic E-state index is 12.2. The maximum atomic E-state index is 12.2. The summed E-state index contributed by atoms with van der Waals surface area (Å²) in [5, 5.41) is 6.10. The number of anilines is 1. The van der Waals surface area contributed by atoms with Crippen molar-refractivity contribution >= 4 is 11.9 Å². The molecular weight excluding hydrogens is 276 g/mol. The van der Waals surface area contributed by atoms with Gasteiger partial charge in [-0.05, 0) is 38.9 Å². The predicted octanol–water partition coefficient (Wildman–Crippen LogP) is 2.39. The van der Waals surface area contributed by atoms with Gasteiger partial charge in [-0.25, -0.2) is 9.97 Å². The molecule has 1 aliphatic heterocycles. The van der Waals surface area contributed by atoms with E-state index in [1.807, 2.05) is 30.3 Å². The summed E-state index contributed by atoms with van der Waals surface area (Å²) in [6, 6.07) is 9.99. The third-order valence-electron chi connectivity index (χ3n) is 3.95. The lowest BCUT2D eigenvalue weighted by Crippen LogP contribution is -2.34. The molecule has 1 aromatic carbocycles. The number of carbonyl (C=O) groups excluding carboxylic acids is 1. The minimum atomic E-state index is 0.0163. The molecule has 0 atom stereocenters. The second-order valence-electron chi connectivity index (χ2n) is 5.65. The number of aromatic nitrogens is 2. The van der Waals surface area contributed by atoms with Crippen molar-refractivity contribution in [1.29, 1.82) is 0 Å². The van der Waals surface area contributed by atoms with Crippen LogP contribution in [0.1, 0.15) is 18.4 Å². The molecule has 0 saturated carbocycles. The van der Waals surface area contributed by atoms with Crippen molar-refractivity contribution < 1.29 is 4.79 Å². The van der Waals surface area contributed by atoms with Crippen LogP contribution in [-0.4, -0.2) is 29.0 Å². The van der Waals surface area contributed by atoms with Gasteiger partial charge in [-0.1, -0.05) is 29.8 Å². The molecule has 0 spiro atoms. The molecule has 2 heterocycles. The van der Waals surface area contributed by atoms with Crippen molar-refractivity contribution in [3.8, 4) is 11.3 Å². The molecule has 0 radical (unpaired) electrons. The summed E-state index contributed by atoms with van der Waals surface area (Å²) in [4.78, 5) is 20.8. The molecular formula is C17H20N4O. The Morgan fingerprint density at radius 3 is 2.64 bits per heavy atom. The molecule has 22 heavy (non-hydrogen) atoms. The van der Waals surface area contributed by atoms with E-state index in [0.29, 0.717) is 5.95 Å². The first-order valence-electron chi connectivity index (χ1n) is 7.64. The number of aryl methyl sites for hydroxylation is 1. The van der Waals surface area contributed by atoms with Gasteiger partial charge < -0.3 is 5.32 Å². The molecule has 1 aliphatic rings.